The molecule has 0 aromatic carbocycles. The van der Waals surface area contributed by atoms with E-state index in [-0.39, 0.29) is 78.9 Å². The molecule has 0 aliphatic heterocycles. The minimum atomic E-state index is -5.05. The van der Waals surface area contributed by atoms with Crippen molar-refractivity contribution < 1.29 is 88.8 Å². The van der Waals surface area contributed by atoms with Gasteiger partial charge in [0.15, 0.2) is 0 Å². The topological polar surface area (TPSA) is 124 Å². The summed E-state index contributed by atoms with van der Waals surface area (Å²) in [5.74, 6) is 0. The van der Waals surface area contributed by atoms with E-state index in [4.69, 9.17) is 19.6 Å². The molecule has 0 spiro atoms. The van der Waals surface area contributed by atoms with E-state index in [2.05, 4.69) is 4.31 Å². The summed E-state index contributed by atoms with van der Waals surface area (Å²) in [6, 6.07) is 0. The maximum absolute atomic E-state index is 9.63. The fourth-order valence-corrected chi connectivity index (χ4v) is 1.25. The van der Waals surface area contributed by atoms with Gasteiger partial charge >= 0.3 is 68.3 Å². The maximum atomic E-state index is 9.63. The molecule has 0 amide bonds. The Bertz CT molecular complexity index is 170. The predicted molar refractivity (Wildman–Crippen MR) is 32.0 cm³/mol. The van der Waals surface area contributed by atoms with Crippen molar-refractivity contribution in [3.05, 3.63) is 0 Å². The van der Waals surface area contributed by atoms with Crippen LogP contribution in [0.1, 0.15) is 1.43 Å². The van der Waals surface area contributed by atoms with Crippen molar-refractivity contribution in [3.8, 4) is 0 Å². The van der Waals surface area contributed by atoms with Gasteiger partial charge in [0.1, 0.15) is 0 Å². The Labute approximate surface area is 126 Å². The Morgan fingerprint density at radius 2 is 1.08 bits per heavy atom. The summed E-state index contributed by atoms with van der Waals surface area (Å²) in [4.78, 5) is 31.0. The van der Waals surface area contributed by atoms with Crippen molar-refractivity contribution in [1.82, 2.24) is 0 Å². The summed E-state index contributed by atoms with van der Waals surface area (Å²) in [5, 5.41) is 0. The molecule has 0 radical (unpaired) electrons. The van der Waals surface area contributed by atoms with Crippen molar-refractivity contribution in [1.29, 1.82) is 0 Å². The van der Waals surface area contributed by atoms with Crippen LogP contribution < -0.4 is 54.4 Å². The Morgan fingerprint density at radius 1 is 0.923 bits per heavy atom. The fourth-order valence-electron chi connectivity index (χ4n) is 0.139. The SMILES string of the molecule is O=P(O)(O)OP(=O)(O)O.[Cl-].[Cl-].[H-].[Mg+2].[Na+]. The molecule has 4 N–H and O–H groups in total. The zero-order chi connectivity index (χ0) is 7.71. The predicted octanol–water partition coefficient (Wildman–Crippen LogP) is -10.1. The van der Waals surface area contributed by atoms with Crippen LogP contribution in [0.4, 0.5) is 0 Å². The molecule has 7 nitrogen and oxygen atoms in total. The average molecular weight is 297 g/mol. The van der Waals surface area contributed by atoms with Crippen molar-refractivity contribution in [2.45, 2.75) is 0 Å². The standard InChI is InChI=1S/2ClH.Mg.Na.H4O7P2.H/c;;;;1-8(2,3)7-9(4,5)6;/h2*1H;;;(H2,1,2,3)(H2,4,5,6);/q;;+2;+1;;-1/p-2. The molecule has 0 aliphatic rings. The van der Waals surface area contributed by atoms with Gasteiger partial charge in [-0.25, -0.2) is 9.13 Å². The van der Waals surface area contributed by atoms with E-state index >= 15 is 0 Å². The molecule has 0 rings (SSSR count). The van der Waals surface area contributed by atoms with Crippen LogP contribution in [-0.4, -0.2) is 42.6 Å². The van der Waals surface area contributed by atoms with Crippen LogP contribution in [0.2, 0.25) is 0 Å². The van der Waals surface area contributed by atoms with Crippen LogP contribution in [0.5, 0.6) is 0 Å². The van der Waals surface area contributed by atoms with Gasteiger partial charge in [-0.1, -0.05) is 0 Å². The van der Waals surface area contributed by atoms with E-state index in [1.54, 1.807) is 0 Å². The summed E-state index contributed by atoms with van der Waals surface area (Å²) >= 11 is 0. The first kappa shape index (κ1) is 29.6. The third-order valence-corrected chi connectivity index (χ3v) is 1.91. The second kappa shape index (κ2) is 11.1. The van der Waals surface area contributed by atoms with Crippen LogP contribution in [0.3, 0.4) is 0 Å². The van der Waals surface area contributed by atoms with E-state index in [0.29, 0.717) is 0 Å². The number of phosphoric acid groups is 2. The van der Waals surface area contributed by atoms with Gasteiger partial charge in [0.25, 0.3) is 0 Å². The monoisotopic (exact) mass is 296 g/mol. The Kier molecular flexibility index (Phi) is 25.3. The zero-order valence-electron chi connectivity index (χ0n) is 7.37. The van der Waals surface area contributed by atoms with Crippen LogP contribution in [-0.2, 0) is 13.4 Å². The van der Waals surface area contributed by atoms with E-state index in [0.717, 1.165) is 0 Å². The van der Waals surface area contributed by atoms with Gasteiger partial charge in [-0.3, -0.25) is 0 Å². The van der Waals surface area contributed by atoms with Crippen LogP contribution in [0.15, 0.2) is 0 Å². The first-order chi connectivity index (χ1) is 3.71. The van der Waals surface area contributed by atoms with Crippen molar-refractivity contribution in [2.75, 3.05) is 0 Å². The van der Waals surface area contributed by atoms with Gasteiger partial charge in [0.05, 0.1) is 0 Å². The molecule has 0 unspecified atom stereocenters. The molecule has 0 heterocycles. The molecule has 0 atom stereocenters. The Hall–Kier alpha value is 2.61. The van der Waals surface area contributed by atoms with Gasteiger partial charge in [-0.15, -0.1) is 0 Å². The molecule has 13 heteroatoms. The van der Waals surface area contributed by atoms with Gasteiger partial charge in [-0.05, 0) is 0 Å². The van der Waals surface area contributed by atoms with E-state index in [9.17, 15) is 9.13 Å². The van der Waals surface area contributed by atoms with Crippen LogP contribution >= 0.6 is 15.6 Å². The maximum Gasteiger partial charge on any atom is 2.00 e. The Morgan fingerprint density at radius 3 is 1.08 bits per heavy atom. The Balaban J connectivity index is -0.0000000320. The van der Waals surface area contributed by atoms with E-state index in [1.807, 2.05) is 0 Å². The minimum Gasteiger partial charge on any atom is -1.00 e. The summed E-state index contributed by atoms with van der Waals surface area (Å²) in [5.41, 5.74) is 0. The second-order valence-corrected chi connectivity index (χ2v) is 3.68. The first-order valence-corrected chi connectivity index (χ1v) is 4.59. The number of rotatable bonds is 2. The average Bonchev–Trinajstić information content (AvgIpc) is 1.14. The fraction of sp³-hybridized carbons (Fsp3) is 0. The van der Waals surface area contributed by atoms with Crippen LogP contribution in [0.25, 0.3) is 0 Å². The van der Waals surface area contributed by atoms with Gasteiger partial charge in [0, 0.05) is 0 Å². The third kappa shape index (κ3) is 31.3. The molecular weight excluding hydrogens is 292 g/mol. The molecule has 0 aliphatic carbocycles. The van der Waals surface area contributed by atoms with E-state index < -0.39 is 15.6 Å². The normalized spacial score (nSPS) is 9.54. The van der Waals surface area contributed by atoms with Gasteiger partial charge in [0.2, 0.25) is 0 Å². The smallest absolute Gasteiger partial charge is 1.00 e. The number of hydrogen-bond donors (Lipinski definition) is 4. The molecule has 0 saturated heterocycles. The van der Waals surface area contributed by atoms with Crippen molar-refractivity contribution in [3.63, 3.8) is 0 Å². The summed E-state index contributed by atoms with van der Waals surface area (Å²) in [6.07, 6.45) is 0. The van der Waals surface area contributed by atoms with Crippen LogP contribution in [0, 0.1) is 0 Å². The number of halogens is 2. The molecule has 0 fully saturated rings. The summed E-state index contributed by atoms with van der Waals surface area (Å²) < 4.78 is 22.2. The largest absolute Gasteiger partial charge is 2.00 e. The molecule has 0 aromatic heterocycles. The van der Waals surface area contributed by atoms with Gasteiger partial charge in [-0.2, -0.15) is 4.31 Å². The van der Waals surface area contributed by atoms with E-state index in [1.165, 1.54) is 0 Å². The summed E-state index contributed by atoms with van der Waals surface area (Å²) in [7, 11) is -10.1. The third-order valence-electron chi connectivity index (χ3n) is 0.213. The van der Waals surface area contributed by atoms with Crippen molar-refractivity contribution >= 4 is 38.7 Å². The minimum absolute atomic E-state index is 0. The number of hydrogen-bond acceptors (Lipinski definition) is 3. The second-order valence-electron chi connectivity index (χ2n) is 1.06. The summed E-state index contributed by atoms with van der Waals surface area (Å²) in [6.45, 7) is 0. The zero-order valence-corrected chi connectivity index (χ0v) is 13.1. The molecule has 0 bridgehead atoms. The van der Waals surface area contributed by atoms with Gasteiger partial charge < -0.3 is 45.8 Å². The molecule has 0 aromatic rings. The molecule has 0 saturated carbocycles. The molecule has 13 heavy (non-hydrogen) atoms. The molecule has 74 valence electrons. The van der Waals surface area contributed by atoms with Crippen molar-refractivity contribution in [2.24, 2.45) is 0 Å². The molecular formula is H5Cl2MgNaO7P2. The first-order valence-electron chi connectivity index (χ1n) is 1.53. The quantitative estimate of drug-likeness (QED) is 0.295.